The first-order valence-corrected chi connectivity index (χ1v) is 9.91. The summed E-state index contributed by atoms with van der Waals surface area (Å²) in [4.78, 5) is 8.72. The fourth-order valence-corrected chi connectivity index (χ4v) is 4.51. The van der Waals surface area contributed by atoms with Gasteiger partial charge in [0.05, 0.1) is 0 Å². The Morgan fingerprint density at radius 1 is 1.40 bits per heavy atom. The maximum atomic E-state index is 13.4. The Morgan fingerprint density at radius 2 is 2.16 bits per heavy atom. The zero-order valence-corrected chi connectivity index (χ0v) is 15.6. The van der Waals surface area contributed by atoms with Crippen LogP contribution in [0.25, 0.3) is 0 Å². The predicted molar refractivity (Wildman–Crippen MR) is 96.6 cm³/mol. The summed E-state index contributed by atoms with van der Waals surface area (Å²) in [5, 5.41) is 5.49. The number of benzene rings is 1. The van der Waals surface area contributed by atoms with Crippen LogP contribution in [0, 0.1) is 5.82 Å². The molecule has 0 spiro atoms. The molecule has 6 nitrogen and oxygen atoms in total. The number of sulfonamides is 1. The van der Waals surface area contributed by atoms with Crippen molar-refractivity contribution >= 4 is 38.8 Å². The van der Waals surface area contributed by atoms with Crippen molar-refractivity contribution in [3.8, 4) is 0 Å². The Hall–Kier alpha value is -1.81. The number of hydrogen-bond donors (Lipinski definition) is 2. The highest BCUT2D eigenvalue weighted by molar-refractivity contribution is 7.93. The summed E-state index contributed by atoms with van der Waals surface area (Å²) in [5.74, 6) is -0.0709. The average Bonchev–Trinajstić information content (AvgIpc) is 3.08. The second kappa shape index (κ2) is 6.83. The van der Waals surface area contributed by atoms with Crippen LogP contribution in [-0.2, 0) is 10.0 Å². The van der Waals surface area contributed by atoms with Gasteiger partial charge in [-0.05, 0) is 26.1 Å². The molecule has 0 amide bonds. The third-order valence-electron chi connectivity index (χ3n) is 3.63. The minimum absolute atomic E-state index is 0.0313. The van der Waals surface area contributed by atoms with Crippen molar-refractivity contribution in [2.24, 2.45) is 4.99 Å². The van der Waals surface area contributed by atoms with Crippen LogP contribution in [-0.4, -0.2) is 26.3 Å². The molecule has 3 rings (SSSR count). The van der Waals surface area contributed by atoms with Crippen LogP contribution in [0.3, 0.4) is 0 Å². The lowest BCUT2D eigenvalue weighted by atomic mass is 10.0. The molecule has 1 aliphatic rings. The third kappa shape index (κ3) is 3.45. The van der Waals surface area contributed by atoms with Gasteiger partial charge < -0.3 is 5.32 Å². The van der Waals surface area contributed by atoms with Crippen molar-refractivity contribution < 1.29 is 12.8 Å². The smallest absolute Gasteiger partial charge is 0.240 e. The molecule has 2 N–H and O–H groups in total. The molecular weight excluding hydrogens is 387 g/mol. The number of amidine groups is 1. The number of halogens is 2. The number of nitrogens with zero attached hydrogens (tertiary/aromatic N) is 2. The van der Waals surface area contributed by atoms with Gasteiger partial charge >= 0.3 is 0 Å². The van der Waals surface area contributed by atoms with Crippen LogP contribution in [0.5, 0.6) is 0 Å². The Morgan fingerprint density at radius 3 is 2.76 bits per heavy atom. The molecule has 0 fully saturated rings. The molecular formula is C15H14ClFN4O2S2. The highest BCUT2D eigenvalue weighted by Crippen LogP contribution is 2.37. The molecule has 2 heterocycles. The monoisotopic (exact) mass is 400 g/mol. The van der Waals surface area contributed by atoms with Gasteiger partial charge in [0.1, 0.15) is 16.8 Å². The number of aromatic nitrogens is 1. The van der Waals surface area contributed by atoms with Crippen molar-refractivity contribution in [3.05, 3.63) is 61.8 Å². The Kier molecular flexibility index (Phi) is 4.92. The van der Waals surface area contributed by atoms with Crippen LogP contribution >= 0.6 is 22.9 Å². The molecule has 10 heteroatoms. The van der Waals surface area contributed by atoms with E-state index in [1.165, 1.54) is 30.5 Å². The zero-order chi connectivity index (χ0) is 18.2. The van der Waals surface area contributed by atoms with Gasteiger partial charge in [0, 0.05) is 27.9 Å². The zero-order valence-electron chi connectivity index (χ0n) is 13.2. The van der Waals surface area contributed by atoms with Crippen LogP contribution in [0.1, 0.15) is 23.5 Å². The molecule has 1 unspecified atom stereocenters. The molecule has 1 aliphatic heterocycles. The van der Waals surface area contributed by atoms with E-state index in [-0.39, 0.29) is 9.93 Å². The highest BCUT2D eigenvalue weighted by Gasteiger charge is 2.34. The van der Waals surface area contributed by atoms with E-state index in [0.29, 0.717) is 22.1 Å². The summed E-state index contributed by atoms with van der Waals surface area (Å²) < 4.78 is 40.7. The summed E-state index contributed by atoms with van der Waals surface area (Å²) in [5.41, 5.74) is 0.798. The SMILES string of the molecule is CNS(=O)(=O)C1=C(C)NC(c2nccs2)=NC1c1ccc(F)cc1Cl. The number of hydrogen-bond acceptors (Lipinski definition) is 6. The standard InChI is InChI=1S/C15H14ClFN4O2S2/c1-8-13(25(22,23)18-2)12(10-4-3-9(17)7-11(10)16)21-14(20-8)15-19-5-6-24-15/h3-7,12,18H,1-2H3,(H,20,21). The van der Waals surface area contributed by atoms with Crippen molar-refractivity contribution in [3.63, 3.8) is 0 Å². The van der Waals surface area contributed by atoms with E-state index in [1.54, 1.807) is 18.5 Å². The molecule has 25 heavy (non-hydrogen) atoms. The van der Waals surface area contributed by atoms with Gasteiger partial charge in [-0.15, -0.1) is 11.3 Å². The summed E-state index contributed by atoms with van der Waals surface area (Å²) in [6.45, 7) is 1.64. The number of aliphatic imine (C=N–C) groups is 1. The van der Waals surface area contributed by atoms with E-state index < -0.39 is 21.9 Å². The molecule has 132 valence electrons. The molecule has 0 aliphatic carbocycles. The van der Waals surface area contributed by atoms with E-state index >= 15 is 0 Å². The van der Waals surface area contributed by atoms with Crippen molar-refractivity contribution in [1.29, 1.82) is 0 Å². The molecule has 0 saturated heterocycles. The lowest BCUT2D eigenvalue weighted by Crippen LogP contribution is -2.35. The molecule has 0 radical (unpaired) electrons. The molecule has 0 saturated carbocycles. The third-order valence-corrected chi connectivity index (χ3v) is 6.39. The lowest BCUT2D eigenvalue weighted by Gasteiger charge is -2.26. The number of thiazole rings is 1. The Labute approximate surface area is 153 Å². The van der Waals surface area contributed by atoms with Crippen molar-refractivity contribution in [1.82, 2.24) is 15.0 Å². The first-order valence-electron chi connectivity index (χ1n) is 7.17. The van der Waals surface area contributed by atoms with Crippen LogP contribution in [0.15, 0.2) is 45.4 Å². The average molecular weight is 401 g/mol. The lowest BCUT2D eigenvalue weighted by molar-refractivity contribution is 0.588. The van der Waals surface area contributed by atoms with Crippen LogP contribution in [0.2, 0.25) is 5.02 Å². The fourth-order valence-electron chi connectivity index (χ4n) is 2.51. The van der Waals surface area contributed by atoms with Crippen LogP contribution < -0.4 is 10.0 Å². The second-order valence-corrected chi connectivity index (χ2v) is 8.36. The molecule has 1 atom stereocenters. The summed E-state index contributed by atoms with van der Waals surface area (Å²) in [7, 11) is -2.48. The van der Waals surface area contributed by atoms with Gasteiger partial charge in [-0.1, -0.05) is 17.7 Å². The van der Waals surface area contributed by atoms with Crippen molar-refractivity contribution in [2.75, 3.05) is 7.05 Å². The van der Waals surface area contributed by atoms with Crippen molar-refractivity contribution in [2.45, 2.75) is 13.0 Å². The summed E-state index contributed by atoms with van der Waals surface area (Å²) >= 11 is 7.53. The minimum Gasteiger partial charge on any atom is -0.341 e. The molecule has 1 aromatic carbocycles. The molecule has 2 aromatic rings. The van der Waals surface area contributed by atoms with Gasteiger partial charge in [0.15, 0.2) is 10.8 Å². The topological polar surface area (TPSA) is 83.5 Å². The van der Waals surface area contributed by atoms with Gasteiger partial charge in [-0.25, -0.2) is 22.5 Å². The molecule has 0 bridgehead atoms. The summed E-state index contributed by atoms with van der Waals surface area (Å²) in [6.07, 6.45) is 1.63. The van der Waals surface area contributed by atoms with Gasteiger partial charge in [0.2, 0.25) is 10.0 Å². The normalized spacial score (nSPS) is 18.1. The second-order valence-electron chi connectivity index (χ2n) is 5.21. The first kappa shape index (κ1) is 18.0. The minimum atomic E-state index is -3.80. The van der Waals surface area contributed by atoms with E-state index in [4.69, 9.17) is 11.6 Å². The molecule has 1 aromatic heterocycles. The number of rotatable bonds is 4. The first-order chi connectivity index (χ1) is 11.8. The van der Waals surface area contributed by atoms with E-state index in [0.717, 1.165) is 6.07 Å². The maximum absolute atomic E-state index is 13.4. The van der Waals surface area contributed by atoms with E-state index in [1.807, 2.05) is 0 Å². The summed E-state index contributed by atoms with van der Waals surface area (Å²) in [6, 6.07) is 2.89. The maximum Gasteiger partial charge on any atom is 0.240 e. The largest absolute Gasteiger partial charge is 0.341 e. The Bertz CT molecular complexity index is 971. The van der Waals surface area contributed by atoms with Gasteiger partial charge in [-0.2, -0.15) is 0 Å². The number of allylic oxidation sites excluding steroid dienone is 1. The van der Waals surface area contributed by atoms with E-state index in [9.17, 15) is 12.8 Å². The van der Waals surface area contributed by atoms with Crippen LogP contribution in [0.4, 0.5) is 4.39 Å². The predicted octanol–water partition coefficient (Wildman–Crippen LogP) is 2.81. The van der Waals surface area contributed by atoms with E-state index in [2.05, 4.69) is 20.0 Å². The van der Waals surface area contributed by atoms with Gasteiger partial charge in [0.25, 0.3) is 0 Å². The highest BCUT2D eigenvalue weighted by atomic mass is 35.5. The van der Waals surface area contributed by atoms with Gasteiger partial charge in [-0.3, -0.25) is 4.99 Å². The quantitative estimate of drug-likeness (QED) is 0.826. The fraction of sp³-hybridized carbons (Fsp3) is 0.200. The number of nitrogens with one attached hydrogen (secondary N) is 2. The Balaban J connectivity index is 2.20.